The minimum absolute atomic E-state index is 0.132. The van der Waals surface area contributed by atoms with Crippen LogP contribution in [0, 0.1) is 0 Å². The molecule has 3 N–H and O–H groups in total. The summed E-state index contributed by atoms with van der Waals surface area (Å²) in [6.07, 6.45) is 0.219. The number of ether oxygens (including phenoxy) is 2. The number of nitrogens with one attached hydrogen (secondary N) is 2. The minimum Gasteiger partial charge on any atom is -0.493 e. The van der Waals surface area contributed by atoms with E-state index in [2.05, 4.69) is 25.4 Å². The lowest BCUT2D eigenvalue weighted by Gasteiger charge is -2.16. The summed E-state index contributed by atoms with van der Waals surface area (Å²) in [6.45, 7) is 4.18. The Balaban J connectivity index is 1.70. The van der Waals surface area contributed by atoms with Gasteiger partial charge in [-0.05, 0) is 48.7 Å². The van der Waals surface area contributed by atoms with Crippen LogP contribution in [-0.2, 0) is 4.79 Å². The summed E-state index contributed by atoms with van der Waals surface area (Å²) >= 11 is 0. The maximum Gasteiger partial charge on any atom is 0.344 e. The lowest BCUT2D eigenvalue weighted by Crippen LogP contribution is -2.26. The van der Waals surface area contributed by atoms with E-state index < -0.39 is 17.6 Å². The normalized spacial score (nSPS) is 11.9. The Labute approximate surface area is 188 Å². The van der Waals surface area contributed by atoms with Gasteiger partial charge in [0.2, 0.25) is 5.65 Å². The van der Waals surface area contributed by atoms with Crippen LogP contribution >= 0.6 is 0 Å². The Morgan fingerprint density at radius 2 is 1.94 bits per heavy atom. The summed E-state index contributed by atoms with van der Waals surface area (Å²) in [6, 6.07) is 12.7. The van der Waals surface area contributed by atoms with Gasteiger partial charge in [-0.15, -0.1) is 10.2 Å². The summed E-state index contributed by atoms with van der Waals surface area (Å²) in [5, 5.41) is 19.5. The smallest absolute Gasteiger partial charge is 0.344 e. The molecule has 1 unspecified atom stereocenters. The van der Waals surface area contributed by atoms with Crippen LogP contribution in [0.1, 0.15) is 26.7 Å². The van der Waals surface area contributed by atoms with Crippen molar-refractivity contribution in [3.8, 4) is 34.0 Å². The molecule has 0 bridgehead atoms. The average molecular weight is 449 g/mol. The highest BCUT2D eigenvalue weighted by molar-refractivity contribution is 5.77. The Morgan fingerprint density at radius 1 is 1.12 bits per heavy atom. The molecule has 1 atom stereocenters. The molecule has 33 heavy (non-hydrogen) atoms. The second-order valence-electron chi connectivity index (χ2n) is 7.32. The number of aliphatic carboxylic acids is 1. The van der Waals surface area contributed by atoms with Crippen LogP contribution in [-0.4, -0.2) is 49.2 Å². The summed E-state index contributed by atoms with van der Waals surface area (Å²) in [4.78, 5) is 30.8. The second-order valence-corrected chi connectivity index (χ2v) is 7.32. The number of rotatable bonds is 9. The molecule has 2 aromatic heterocycles. The number of H-pyrrole nitrogens is 2. The van der Waals surface area contributed by atoms with Crippen molar-refractivity contribution in [2.45, 2.75) is 32.8 Å². The molecular weight excluding hydrogens is 426 g/mol. The Morgan fingerprint density at radius 3 is 2.70 bits per heavy atom. The summed E-state index contributed by atoms with van der Waals surface area (Å²) in [7, 11) is 0. The standard InChI is InChI=1S/C23H23N5O5/c1-3-6-17(23(30)31)33-15-8-5-7-13(11-15)14-9-10-16(18(12-14)32-4-2)20-24-21-19(22(29)25-20)26-28-27-21/h5,7-12,17H,3-4,6H2,1-2H3,(H,30,31)(H2,24,25,26,27,28,29). The highest BCUT2D eigenvalue weighted by Gasteiger charge is 2.19. The number of carboxylic acids is 1. The molecule has 10 nitrogen and oxygen atoms in total. The van der Waals surface area contributed by atoms with Crippen molar-refractivity contribution in [1.29, 1.82) is 0 Å². The molecule has 2 heterocycles. The molecule has 4 rings (SSSR count). The van der Waals surface area contributed by atoms with Crippen molar-refractivity contribution < 1.29 is 19.4 Å². The van der Waals surface area contributed by atoms with E-state index in [1.54, 1.807) is 24.3 Å². The molecule has 0 aliphatic rings. The largest absolute Gasteiger partial charge is 0.493 e. The molecule has 0 saturated heterocycles. The van der Waals surface area contributed by atoms with Crippen LogP contribution in [0.2, 0.25) is 0 Å². The van der Waals surface area contributed by atoms with Crippen LogP contribution in [0.15, 0.2) is 47.3 Å². The van der Waals surface area contributed by atoms with Crippen molar-refractivity contribution in [3.63, 3.8) is 0 Å². The maximum absolute atomic E-state index is 12.3. The second kappa shape index (κ2) is 9.51. The monoisotopic (exact) mass is 449 g/mol. The third-order valence-electron chi connectivity index (χ3n) is 5.00. The van der Waals surface area contributed by atoms with Gasteiger partial charge in [-0.25, -0.2) is 9.78 Å². The number of nitrogens with zero attached hydrogens (tertiary/aromatic N) is 3. The summed E-state index contributed by atoms with van der Waals surface area (Å²) in [5.41, 5.74) is 2.20. The van der Waals surface area contributed by atoms with Crippen LogP contribution in [0.3, 0.4) is 0 Å². The van der Waals surface area contributed by atoms with Gasteiger partial charge in [0.05, 0.1) is 12.2 Å². The van der Waals surface area contributed by atoms with E-state index in [1.165, 1.54) is 0 Å². The van der Waals surface area contributed by atoms with Gasteiger partial charge in [0.15, 0.2) is 11.6 Å². The van der Waals surface area contributed by atoms with E-state index in [-0.39, 0.29) is 11.2 Å². The fourth-order valence-electron chi connectivity index (χ4n) is 3.46. The number of carbonyl (C=O) groups is 1. The highest BCUT2D eigenvalue weighted by Crippen LogP contribution is 2.34. The molecule has 10 heteroatoms. The van der Waals surface area contributed by atoms with Crippen LogP contribution in [0.4, 0.5) is 0 Å². The van der Waals surface area contributed by atoms with E-state index >= 15 is 0 Å². The number of aromatic amines is 2. The highest BCUT2D eigenvalue weighted by atomic mass is 16.5. The van der Waals surface area contributed by atoms with Gasteiger partial charge in [-0.1, -0.05) is 31.5 Å². The topological polar surface area (TPSA) is 143 Å². The lowest BCUT2D eigenvalue weighted by molar-refractivity contribution is -0.145. The number of carboxylic acid groups (broad SMARTS) is 1. The summed E-state index contributed by atoms with van der Waals surface area (Å²) < 4.78 is 11.5. The molecule has 0 saturated carbocycles. The SMILES string of the molecule is CCCC(Oc1cccc(-c2ccc(-c3nc4n[nH]nc4c(=O)[nH]3)c(OCC)c2)c1)C(=O)O. The van der Waals surface area contributed by atoms with Gasteiger partial charge >= 0.3 is 5.97 Å². The Kier molecular flexibility index (Phi) is 6.34. The fraction of sp³-hybridized carbons (Fsp3) is 0.261. The van der Waals surface area contributed by atoms with Crippen LogP contribution in [0.25, 0.3) is 33.7 Å². The fourth-order valence-corrected chi connectivity index (χ4v) is 3.46. The molecular formula is C23H23N5O5. The first-order valence-corrected chi connectivity index (χ1v) is 10.6. The number of aromatic nitrogens is 5. The molecule has 0 fully saturated rings. The first-order chi connectivity index (χ1) is 16.0. The number of benzene rings is 2. The third-order valence-corrected chi connectivity index (χ3v) is 5.00. The molecule has 170 valence electrons. The maximum atomic E-state index is 12.3. The third kappa shape index (κ3) is 4.69. The Bertz CT molecular complexity index is 1350. The molecule has 0 radical (unpaired) electrons. The first-order valence-electron chi connectivity index (χ1n) is 10.6. The van der Waals surface area contributed by atoms with Crippen LogP contribution < -0.4 is 15.0 Å². The van der Waals surface area contributed by atoms with Crippen molar-refractivity contribution >= 4 is 17.1 Å². The zero-order valence-electron chi connectivity index (χ0n) is 18.2. The van der Waals surface area contributed by atoms with Crippen molar-refractivity contribution in [2.75, 3.05) is 6.61 Å². The zero-order chi connectivity index (χ0) is 23.4. The van der Waals surface area contributed by atoms with Gasteiger partial charge in [-0.2, -0.15) is 5.21 Å². The first kappa shape index (κ1) is 22.0. The number of hydrogen-bond acceptors (Lipinski definition) is 7. The molecule has 2 aromatic carbocycles. The quantitative estimate of drug-likeness (QED) is 0.353. The predicted molar refractivity (Wildman–Crippen MR) is 121 cm³/mol. The van der Waals surface area contributed by atoms with Gasteiger partial charge in [0.25, 0.3) is 5.56 Å². The molecule has 0 amide bonds. The van der Waals surface area contributed by atoms with Gasteiger partial charge < -0.3 is 19.6 Å². The molecule has 0 spiro atoms. The van der Waals surface area contributed by atoms with E-state index in [1.807, 2.05) is 32.0 Å². The molecule has 0 aliphatic carbocycles. The van der Waals surface area contributed by atoms with Gasteiger partial charge in [0, 0.05) is 0 Å². The summed E-state index contributed by atoms with van der Waals surface area (Å²) in [5.74, 6) is 0.327. The molecule has 4 aromatic rings. The van der Waals surface area contributed by atoms with Gasteiger partial charge in [0.1, 0.15) is 17.3 Å². The minimum atomic E-state index is -0.990. The number of fused-ring (bicyclic) bond motifs is 1. The number of hydrogen-bond donors (Lipinski definition) is 3. The lowest BCUT2D eigenvalue weighted by atomic mass is 10.0. The Hall–Kier alpha value is -4.21. The van der Waals surface area contributed by atoms with E-state index in [0.717, 1.165) is 11.1 Å². The van der Waals surface area contributed by atoms with Gasteiger partial charge in [-0.3, -0.25) is 4.79 Å². The van der Waals surface area contributed by atoms with Crippen molar-refractivity contribution in [3.05, 3.63) is 52.8 Å². The predicted octanol–water partition coefficient (Wildman–Crippen LogP) is 3.41. The molecule has 0 aliphatic heterocycles. The van der Waals surface area contributed by atoms with E-state index in [9.17, 15) is 14.7 Å². The van der Waals surface area contributed by atoms with E-state index in [4.69, 9.17) is 9.47 Å². The van der Waals surface area contributed by atoms with E-state index in [0.29, 0.717) is 42.3 Å². The zero-order valence-corrected chi connectivity index (χ0v) is 18.2. The van der Waals surface area contributed by atoms with Crippen molar-refractivity contribution in [1.82, 2.24) is 25.4 Å². The van der Waals surface area contributed by atoms with Crippen LogP contribution in [0.5, 0.6) is 11.5 Å². The average Bonchev–Trinajstić information content (AvgIpc) is 3.28. The van der Waals surface area contributed by atoms with Crippen molar-refractivity contribution in [2.24, 2.45) is 0 Å².